The Morgan fingerprint density at radius 2 is 2.19 bits per heavy atom. The van der Waals surface area contributed by atoms with Crippen molar-refractivity contribution < 1.29 is 9.94 Å². The van der Waals surface area contributed by atoms with Crippen molar-refractivity contribution in [2.75, 3.05) is 20.2 Å². The monoisotopic (exact) mass is 290 g/mol. The minimum Gasteiger partial charge on any atom is -0.493 e. The van der Waals surface area contributed by atoms with Crippen LogP contribution in [-0.2, 0) is 0 Å². The molecule has 1 N–H and O–H groups in total. The van der Waals surface area contributed by atoms with Crippen molar-refractivity contribution in [1.29, 1.82) is 0 Å². The molecular weight excluding hydrogens is 264 g/mol. The van der Waals surface area contributed by atoms with Crippen molar-refractivity contribution in [2.45, 2.75) is 45.1 Å². The van der Waals surface area contributed by atoms with Crippen molar-refractivity contribution in [3.05, 3.63) is 29.8 Å². The maximum Gasteiger partial charge on any atom is 0.128 e. The summed E-state index contributed by atoms with van der Waals surface area (Å²) in [5.74, 6) is 0.811. The van der Waals surface area contributed by atoms with Crippen LogP contribution in [-0.4, -0.2) is 42.1 Å². The molecule has 1 aromatic carbocycles. The molecule has 1 aliphatic rings. The number of hydrogen-bond acceptors (Lipinski definition) is 4. The summed E-state index contributed by atoms with van der Waals surface area (Å²) in [6.07, 6.45) is 5.62. The van der Waals surface area contributed by atoms with Crippen LogP contribution in [0.1, 0.15) is 44.6 Å². The van der Waals surface area contributed by atoms with E-state index >= 15 is 0 Å². The average molecular weight is 290 g/mol. The van der Waals surface area contributed by atoms with Crippen molar-refractivity contribution in [1.82, 2.24) is 4.90 Å². The number of oxime groups is 1. The molecule has 0 saturated carbocycles. The van der Waals surface area contributed by atoms with Gasteiger partial charge in [-0.15, -0.1) is 0 Å². The van der Waals surface area contributed by atoms with Crippen molar-refractivity contribution in [3.8, 4) is 5.75 Å². The molecule has 0 bridgehead atoms. The molecule has 1 aromatic rings. The Bertz CT molecular complexity index is 474. The SMILES string of the molecule is CC/C(=N/O)c1ccccc1OCCC1CCCCN1C. The molecule has 1 heterocycles. The first-order valence-electron chi connectivity index (χ1n) is 7.89. The summed E-state index contributed by atoms with van der Waals surface area (Å²) in [6.45, 7) is 3.87. The zero-order chi connectivity index (χ0) is 15.1. The minimum absolute atomic E-state index is 0.628. The van der Waals surface area contributed by atoms with Crippen LogP contribution < -0.4 is 4.74 Å². The first kappa shape index (κ1) is 15.8. The molecular formula is C17H26N2O2. The highest BCUT2D eigenvalue weighted by molar-refractivity contribution is 6.02. The topological polar surface area (TPSA) is 45.1 Å². The highest BCUT2D eigenvalue weighted by Gasteiger charge is 2.18. The molecule has 21 heavy (non-hydrogen) atoms. The van der Waals surface area contributed by atoms with Gasteiger partial charge in [-0.2, -0.15) is 0 Å². The van der Waals surface area contributed by atoms with Gasteiger partial charge in [0, 0.05) is 11.6 Å². The standard InChI is InChI=1S/C17H26N2O2/c1-3-16(18-20)15-9-4-5-10-17(15)21-13-11-14-8-6-7-12-19(14)2/h4-5,9-10,14,20H,3,6-8,11-13H2,1-2H3/b18-16-. The van der Waals surface area contributed by atoms with Gasteiger partial charge in [-0.25, -0.2) is 0 Å². The highest BCUT2D eigenvalue weighted by atomic mass is 16.5. The van der Waals surface area contributed by atoms with Crippen LogP contribution in [0.2, 0.25) is 0 Å². The second kappa shape index (κ2) is 8.03. The lowest BCUT2D eigenvalue weighted by atomic mass is 10.0. The van der Waals surface area contributed by atoms with Gasteiger partial charge in [0.15, 0.2) is 0 Å². The third-order valence-corrected chi connectivity index (χ3v) is 4.28. The molecule has 1 unspecified atom stereocenters. The van der Waals surface area contributed by atoms with Gasteiger partial charge in [0.2, 0.25) is 0 Å². The summed E-state index contributed by atoms with van der Waals surface area (Å²) in [4.78, 5) is 2.44. The molecule has 0 aliphatic carbocycles. The van der Waals surface area contributed by atoms with E-state index in [2.05, 4.69) is 17.1 Å². The van der Waals surface area contributed by atoms with Gasteiger partial charge in [0.05, 0.1) is 12.3 Å². The van der Waals surface area contributed by atoms with Gasteiger partial charge >= 0.3 is 0 Å². The number of hydrogen-bond donors (Lipinski definition) is 1. The van der Waals surface area contributed by atoms with Crippen LogP contribution >= 0.6 is 0 Å². The zero-order valence-corrected chi connectivity index (χ0v) is 13.1. The maximum absolute atomic E-state index is 9.09. The largest absolute Gasteiger partial charge is 0.493 e. The van der Waals surface area contributed by atoms with Crippen LogP contribution in [0.5, 0.6) is 5.75 Å². The van der Waals surface area contributed by atoms with Gasteiger partial charge < -0.3 is 14.8 Å². The molecule has 1 saturated heterocycles. The average Bonchev–Trinajstić information content (AvgIpc) is 2.52. The highest BCUT2D eigenvalue weighted by Crippen LogP contribution is 2.22. The van der Waals surface area contributed by atoms with Crippen LogP contribution in [0.25, 0.3) is 0 Å². The van der Waals surface area contributed by atoms with E-state index in [1.54, 1.807) is 0 Å². The van der Waals surface area contributed by atoms with E-state index in [1.165, 1.54) is 25.8 Å². The number of nitrogens with zero attached hydrogens (tertiary/aromatic N) is 2. The van der Waals surface area contributed by atoms with Gasteiger partial charge in [0.1, 0.15) is 5.75 Å². The molecule has 0 spiro atoms. The van der Waals surface area contributed by atoms with Crippen LogP contribution in [0, 0.1) is 0 Å². The first-order chi connectivity index (χ1) is 10.3. The predicted octanol–water partition coefficient (Wildman–Crippen LogP) is 3.53. The van der Waals surface area contributed by atoms with E-state index < -0.39 is 0 Å². The van der Waals surface area contributed by atoms with E-state index in [4.69, 9.17) is 9.94 Å². The van der Waals surface area contributed by atoms with Gasteiger partial charge in [-0.1, -0.05) is 30.6 Å². The maximum atomic E-state index is 9.09. The smallest absolute Gasteiger partial charge is 0.128 e. The Hall–Kier alpha value is -1.55. The van der Waals surface area contributed by atoms with E-state index in [1.807, 2.05) is 31.2 Å². The molecule has 4 nitrogen and oxygen atoms in total. The fraction of sp³-hybridized carbons (Fsp3) is 0.588. The van der Waals surface area contributed by atoms with Crippen molar-refractivity contribution in [2.24, 2.45) is 5.16 Å². The molecule has 116 valence electrons. The normalized spacial score (nSPS) is 20.5. The lowest BCUT2D eigenvalue weighted by Gasteiger charge is -2.32. The van der Waals surface area contributed by atoms with Crippen LogP contribution in [0.15, 0.2) is 29.4 Å². The molecule has 2 rings (SSSR count). The summed E-state index contributed by atoms with van der Waals surface area (Å²) in [5, 5.41) is 12.5. The summed E-state index contributed by atoms with van der Waals surface area (Å²) in [5.41, 5.74) is 1.56. The number of rotatable bonds is 6. The number of ether oxygens (including phenoxy) is 1. The summed E-state index contributed by atoms with van der Waals surface area (Å²) in [6, 6.07) is 8.42. The molecule has 0 aromatic heterocycles. The Morgan fingerprint density at radius 1 is 1.38 bits per heavy atom. The minimum atomic E-state index is 0.628. The van der Waals surface area contributed by atoms with Crippen LogP contribution in [0.4, 0.5) is 0 Å². The second-order valence-electron chi connectivity index (χ2n) is 5.66. The second-order valence-corrected chi connectivity index (χ2v) is 5.66. The summed E-state index contributed by atoms with van der Waals surface area (Å²) < 4.78 is 5.95. The fourth-order valence-electron chi connectivity index (χ4n) is 2.96. The predicted molar refractivity (Wildman–Crippen MR) is 85.4 cm³/mol. The fourth-order valence-corrected chi connectivity index (χ4v) is 2.96. The Balaban J connectivity index is 1.94. The quantitative estimate of drug-likeness (QED) is 0.495. The molecule has 0 amide bonds. The number of benzene rings is 1. The molecule has 1 fully saturated rings. The van der Waals surface area contributed by atoms with E-state index in [0.717, 1.165) is 17.7 Å². The number of para-hydroxylation sites is 1. The molecule has 0 radical (unpaired) electrons. The number of likely N-dealkylation sites (tertiary alicyclic amines) is 1. The van der Waals surface area contributed by atoms with Gasteiger partial charge in [-0.05, 0) is 51.4 Å². The molecule has 1 aliphatic heterocycles. The van der Waals surface area contributed by atoms with Crippen molar-refractivity contribution >= 4 is 5.71 Å². The van der Waals surface area contributed by atoms with Gasteiger partial charge in [0.25, 0.3) is 0 Å². The van der Waals surface area contributed by atoms with Crippen LogP contribution in [0.3, 0.4) is 0 Å². The Labute approximate surface area is 127 Å². The molecule has 4 heteroatoms. The van der Waals surface area contributed by atoms with Crippen molar-refractivity contribution in [3.63, 3.8) is 0 Å². The first-order valence-corrected chi connectivity index (χ1v) is 7.89. The Kier molecular flexibility index (Phi) is 6.05. The van der Waals surface area contributed by atoms with E-state index in [9.17, 15) is 0 Å². The third-order valence-electron chi connectivity index (χ3n) is 4.28. The van der Waals surface area contributed by atoms with Gasteiger partial charge in [-0.3, -0.25) is 0 Å². The Morgan fingerprint density at radius 3 is 2.90 bits per heavy atom. The molecule has 1 atom stereocenters. The van der Waals surface area contributed by atoms with E-state index in [0.29, 0.717) is 24.8 Å². The number of piperidine rings is 1. The zero-order valence-electron chi connectivity index (χ0n) is 13.1. The lowest BCUT2D eigenvalue weighted by Crippen LogP contribution is -2.37. The summed E-state index contributed by atoms with van der Waals surface area (Å²) >= 11 is 0. The van der Waals surface area contributed by atoms with E-state index in [-0.39, 0.29) is 0 Å². The third kappa shape index (κ3) is 4.21. The lowest BCUT2D eigenvalue weighted by molar-refractivity contribution is 0.153. The summed E-state index contributed by atoms with van der Waals surface area (Å²) in [7, 11) is 2.20.